The molecule has 0 saturated heterocycles. The van der Waals surface area contributed by atoms with E-state index in [-0.39, 0.29) is 11.2 Å². The van der Waals surface area contributed by atoms with Crippen LogP contribution in [0, 0.1) is 0 Å². The van der Waals surface area contributed by atoms with Crippen LogP contribution in [-0.2, 0) is 16.1 Å². The molecule has 1 aromatic heterocycles. The maximum Gasteiger partial charge on any atom is 0.233 e. The van der Waals surface area contributed by atoms with Crippen molar-refractivity contribution in [2.24, 2.45) is 0 Å². The fourth-order valence-electron chi connectivity index (χ4n) is 1.51. The molecular weight excluding hydrogens is 292 g/mol. The lowest BCUT2D eigenvalue weighted by atomic mass is 10.4. The number of aromatic nitrogens is 4. The largest absolute Gasteiger partial charge is 0.383 e. The Bertz CT molecular complexity index is 414. The molecule has 21 heavy (non-hydrogen) atoms. The smallest absolute Gasteiger partial charge is 0.233 e. The molecule has 8 nitrogen and oxygen atoms in total. The summed E-state index contributed by atoms with van der Waals surface area (Å²) in [7, 11) is 1.67. The van der Waals surface area contributed by atoms with Gasteiger partial charge in [-0.1, -0.05) is 18.7 Å². The first-order chi connectivity index (χ1) is 10.2. The Labute approximate surface area is 129 Å². The fourth-order valence-corrected chi connectivity index (χ4v) is 2.35. The van der Waals surface area contributed by atoms with Crippen molar-refractivity contribution < 1.29 is 9.53 Å². The number of carbonyl (C=O) groups is 1. The van der Waals surface area contributed by atoms with Gasteiger partial charge in [-0.2, -0.15) is 0 Å². The first-order valence-electron chi connectivity index (χ1n) is 7.09. The van der Waals surface area contributed by atoms with E-state index in [9.17, 15) is 4.79 Å². The van der Waals surface area contributed by atoms with Gasteiger partial charge >= 0.3 is 0 Å². The molecule has 0 bridgehead atoms. The van der Waals surface area contributed by atoms with Gasteiger partial charge in [0, 0.05) is 26.7 Å². The van der Waals surface area contributed by atoms with Gasteiger partial charge in [-0.15, -0.1) is 5.10 Å². The summed E-state index contributed by atoms with van der Waals surface area (Å²) in [4.78, 5) is 11.8. The van der Waals surface area contributed by atoms with Crippen LogP contribution in [-0.4, -0.2) is 64.7 Å². The lowest BCUT2D eigenvalue weighted by molar-refractivity contribution is -0.120. The number of nitrogens with zero attached hydrogens (tertiary/aromatic N) is 4. The first-order valence-corrected chi connectivity index (χ1v) is 7.97. The number of methoxy groups -OCH3 is 1. The van der Waals surface area contributed by atoms with Crippen LogP contribution in [0.4, 0.5) is 0 Å². The minimum Gasteiger partial charge on any atom is -0.383 e. The zero-order valence-electron chi connectivity index (χ0n) is 12.8. The van der Waals surface area contributed by atoms with E-state index >= 15 is 0 Å². The van der Waals surface area contributed by atoms with E-state index < -0.39 is 0 Å². The molecule has 2 N–H and O–H groups in total. The summed E-state index contributed by atoms with van der Waals surface area (Å²) in [6, 6.07) is 0. The summed E-state index contributed by atoms with van der Waals surface area (Å²) in [6.07, 6.45) is 0.925. The molecule has 0 saturated carbocycles. The summed E-state index contributed by atoms with van der Waals surface area (Å²) in [6.45, 7) is 7.43. The Morgan fingerprint density at radius 2 is 2.24 bits per heavy atom. The third-order valence-electron chi connectivity index (χ3n) is 2.68. The first kappa shape index (κ1) is 17.9. The maximum atomic E-state index is 11.8. The summed E-state index contributed by atoms with van der Waals surface area (Å²) in [5.74, 6) is 0.00891. The van der Waals surface area contributed by atoms with Crippen molar-refractivity contribution in [3.05, 3.63) is 0 Å². The van der Waals surface area contributed by atoms with E-state index in [2.05, 4.69) is 26.2 Å². The van der Waals surface area contributed by atoms with Gasteiger partial charge in [0.25, 0.3) is 0 Å². The molecule has 0 fully saturated rings. The molecular formula is C12H24N6O2S. The van der Waals surface area contributed by atoms with Gasteiger partial charge in [0.05, 0.1) is 18.4 Å². The highest BCUT2D eigenvalue weighted by molar-refractivity contribution is 8.00. The lowest BCUT2D eigenvalue weighted by Crippen LogP contribution is -2.31. The van der Waals surface area contributed by atoms with Crippen molar-refractivity contribution in [1.29, 1.82) is 0 Å². The SMILES string of the molecule is CCCNC(=O)C(C)Sc1nnnn1CCNCCOC. The van der Waals surface area contributed by atoms with Gasteiger partial charge in [0.15, 0.2) is 0 Å². The number of amides is 1. The van der Waals surface area contributed by atoms with Crippen molar-refractivity contribution >= 4 is 17.7 Å². The highest BCUT2D eigenvalue weighted by Crippen LogP contribution is 2.19. The second-order valence-electron chi connectivity index (χ2n) is 4.48. The third-order valence-corrected chi connectivity index (χ3v) is 3.75. The van der Waals surface area contributed by atoms with Crippen LogP contribution in [0.5, 0.6) is 0 Å². The number of hydrogen-bond acceptors (Lipinski definition) is 7. The predicted molar refractivity (Wildman–Crippen MR) is 81.2 cm³/mol. The van der Waals surface area contributed by atoms with E-state index in [4.69, 9.17) is 4.74 Å². The molecule has 1 aromatic rings. The minimum atomic E-state index is -0.220. The van der Waals surface area contributed by atoms with E-state index in [1.165, 1.54) is 11.8 Å². The van der Waals surface area contributed by atoms with Crippen LogP contribution in [0.3, 0.4) is 0 Å². The Morgan fingerprint density at radius 3 is 2.95 bits per heavy atom. The average molecular weight is 316 g/mol. The van der Waals surface area contributed by atoms with Crippen LogP contribution < -0.4 is 10.6 Å². The molecule has 0 spiro atoms. The minimum absolute atomic E-state index is 0.00891. The average Bonchev–Trinajstić information content (AvgIpc) is 2.91. The van der Waals surface area contributed by atoms with Crippen molar-refractivity contribution in [1.82, 2.24) is 30.8 Å². The Kier molecular flexibility index (Phi) is 8.95. The number of carbonyl (C=O) groups excluding carboxylic acids is 1. The number of tetrazole rings is 1. The molecule has 0 aliphatic heterocycles. The van der Waals surface area contributed by atoms with Crippen LogP contribution in [0.25, 0.3) is 0 Å². The Hall–Kier alpha value is -1.19. The van der Waals surface area contributed by atoms with Crippen LogP contribution in [0.1, 0.15) is 20.3 Å². The van der Waals surface area contributed by atoms with Gasteiger partial charge in [0.2, 0.25) is 11.1 Å². The molecule has 0 aromatic carbocycles. The molecule has 120 valence electrons. The van der Waals surface area contributed by atoms with E-state index in [0.29, 0.717) is 24.9 Å². The molecule has 0 radical (unpaired) electrons. The second-order valence-corrected chi connectivity index (χ2v) is 5.79. The van der Waals surface area contributed by atoms with Crippen LogP contribution in [0.2, 0.25) is 0 Å². The monoisotopic (exact) mass is 316 g/mol. The van der Waals surface area contributed by atoms with Crippen molar-refractivity contribution in [2.45, 2.75) is 37.2 Å². The van der Waals surface area contributed by atoms with E-state index in [1.54, 1.807) is 11.8 Å². The van der Waals surface area contributed by atoms with Crippen molar-refractivity contribution in [2.75, 3.05) is 33.4 Å². The van der Waals surface area contributed by atoms with Crippen LogP contribution >= 0.6 is 11.8 Å². The van der Waals surface area contributed by atoms with Gasteiger partial charge in [-0.05, 0) is 23.8 Å². The predicted octanol–water partition coefficient (Wildman–Crippen LogP) is -0.0841. The summed E-state index contributed by atoms with van der Waals surface area (Å²) >= 11 is 1.37. The zero-order valence-corrected chi connectivity index (χ0v) is 13.7. The van der Waals surface area contributed by atoms with Gasteiger partial charge in [0.1, 0.15) is 0 Å². The molecule has 0 aliphatic rings. The van der Waals surface area contributed by atoms with Crippen molar-refractivity contribution in [3.63, 3.8) is 0 Å². The van der Waals surface area contributed by atoms with Crippen LogP contribution in [0.15, 0.2) is 5.16 Å². The molecule has 1 atom stereocenters. The molecule has 1 heterocycles. The molecule has 9 heteroatoms. The maximum absolute atomic E-state index is 11.8. The highest BCUT2D eigenvalue weighted by atomic mass is 32.2. The quantitative estimate of drug-likeness (QED) is 0.435. The number of hydrogen-bond donors (Lipinski definition) is 2. The number of ether oxygens (including phenoxy) is 1. The third kappa shape index (κ3) is 6.87. The lowest BCUT2D eigenvalue weighted by Gasteiger charge is -2.11. The molecule has 1 rings (SSSR count). The normalized spacial score (nSPS) is 12.3. The van der Waals surface area contributed by atoms with Gasteiger partial charge < -0.3 is 15.4 Å². The highest BCUT2D eigenvalue weighted by Gasteiger charge is 2.17. The van der Waals surface area contributed by atoms with Gasteiger partial charge in [-0.3, -0.25) is 4.79 Å². The number of thioether (sulfide) groups is 1. The molecule has 1 amide bonds. The number of rotatable bonds is 11. The second kappa shape index (κ2) is 10.5. The molecule has 0 aliphatic carbocycles. The molecule has 1 unspecified atom stereocenters. The van der Waals surface area contributed by atoms with Crippen molar-refractivity contribution in [3.8, 4) is 0 Å². The fraction of sp³-hybridized carbons (Fsp3) is 0.833. The standard InChI is InChI=1S/C12H24N6O2S/c1-4-5-14-11(19)10(2)21-12-15-16-17-18(12)8-6-13-7-9-20-3/h10,13H,4-9H2,1-3H3,(H,14,19). The zero-order chi connectivity index (χ0) is 15.5. The Balaban J connectivity index is 2.38. The Morgan fingerprint density at radius 1 is 1.43 bits per heavy atom. The summed E-state index contributed by atoms with van der Waals surface area (Å²) in [5.41, 5.74) is 0. The van der Waals surface area contributed by atoms with Gasteiger partial charge in [-0.25, -0.2) is 4.68 Å². The topological polar surface area (TPSA) is 94.0 Å². The number of nitrogens with one attached hydrogen (secondary N) is 2. The van der Waals surface area contributed by atoms with E-state index in [0.717, 1.165) is 19.5 Å². The van der Waals surface area contributed by atoms with E-state index in [1.807, 2.05) is 13.8 Å². The summed E-state index contributed by atoms with van der Waals surface area (Å²) in [5, 5.41) is 18.1. The summed E-state index contributed by atoms with van der Waals surface area (Å²) < 4.78 is 6.66.